The van der Waals surface area contributed by atoms with Gasteiger partial charge in [-0.2, -0.15) is 0 Å². The van der Waals surface area contributed by atoms with E-state index in [4.69, 9.17) is 5.73 Å². The van der Waals surface area contributed by atoms with Crippen molar-refractivity contribution in [3.8, 4) is 0 Å². The summed E-state index contributed by atoms with van der Waals surface area (Å²) in [6.45, 7) is 6.26. The molecule has 0 saturated carbocycles. The van der Waals surface area contributed by atoms with Gasteiger partial charge >= 0.3 is 0 Å². The number of carbonyl (C=O) groups excluding carboxylic acids is 2. The van der Waals surface area contributed by atoms with Gasteiger partial charge in [0.05, 0.1) is 12.2 Å². The minimum absolute atomic E-state index is 0.134. The van der Waals surface area contributed by atoms with Gasteiger partial charge < -0.3 is 16.4 Å². The molecule has 4 N–H and O–H groups in total. The number of hydrogen-bond donors (Lipinski definition) is 3. The van der Waals surface area contributed by atoms with Crippen LogP contribution in [0, 0.1) is 20.8 Å². The average Bonchev–Trinajstić information content (AvgIpc) is 2.92. The van der Waals surface area contributed by atoms with Crippen LogP contribution in [0.3, 0.4) is 0 Å². The fourth-order valence-corrected chi connectivity index (χ4v) is 3.05. The van der Waals surface area contributed by atoms with Gasteiger partial charge in [-0.25, -0.2) is 4.98 Å². The number of aryl methyl sites for hydroxylation is 3. The van der Waals surface area contributed by atoms with Crippen molar-refractivity contribution in [2.75, 3.05) is 11.1 Å². The Kier molecular flexibility index (Phi) is 5.92. The number of benzene rings is 1. The zero-order valence-corrected chi connectivity index (χ0v) is 14.9. The lowest BCUT2D eigenvalue weighted by molar-refractivity contribution is -0.124. The molecule has 0 fully saturated rings. The van der Waals surface area contributed by atoms with Crippen LogP contribution in [0.25, 0.3) is 0 Å². The molecule has 2 rings (SSSR count). The van der Waals surface area contributed by atoms with Crippen LogP contribution in [0.1, 0.15) is 35.2 Å². The molecule has 0 aliphatic rings. The molecule has 0 aliphatic carbocycles. The Bertz CT molecular complexity index is 732. The summed E-state index contributed by atoms with van der Waals surface area (Å²) in [6.07, 6.45) is 0.271. The predicted octanol–water partition coefficient (Wildman–Crippen LogP) is 2.69. The number of carbonyl (C=O) groups is 2. The lowest BCUT2D eigenvalue weighted by atomic mass is 10.0. The third-order valence-corrected chi connectivity index (χ3v) is 4.28. The largest absolute Gasteiger partial charge is 0.375 e. The van der Waals surface area contributed by atoms with Crippen molar-refractivity contribution in [2.45, 2.75) is 40.2 Å². The fourth-order valence-electron chi connectivity index (χ4n) is 2.49. The van der Waals surface area contributed by atoms with Crippen LogP contribution in [-0.2, 0) is 16.1 Å². The number of aromatic nitrogens is 1. The molecule has 0 saturated heterocycles. The van der Waals surface area contributed by atoms with Gasteiger partial charge in [-0.1, -0.05) is 17.7 Å². The van der Waals surface area contributed by atoms with Crippen LogP contribution in [0.2, 0.25) is 0 Å². The molecule has 2 amide bonds. The molecule has 0 unspecified atom stereocenters. The highest BCUT2D eigenvalue weighted by atomic mass is 32.1. The second-order valence-corrected chi connectivity index (χ2v) is 6.67. The van der Waals surface area contributed by atoms with E-state index in [2.05, 4.69) is 15.6 Å². The number of thiazole rings is 1. The smallest absolute Gasteiger partial charge is 0.224 e. The van der Waals surface area contributed by atoms with Crippen LogP contribution >= 0.6 is 11.3 Å². The van der Waals surface area contributed by atoms with Gasteiger partial charge in [0.2, 0.25) is 11.8 Å². The number of hydrogen-bond acceptors (Lipinski definition) is 5. The number of nitrogens with two attached hydrogens (primary N) is 1. The zero-order valence-electron chi connectivity index (χ0n) is 14.1. The highest BCUT2D eigenvalue weighted by Crippen LogP contribution is 2.22. The monoisotopic (exact) mass is 346 g/mol. The predicted molar refractivity (Wildman–Crippen MR) is 96.9 cm³/mol. The lowest BCUT2D eigenvalue weighted by Gasteiger charge is -2.12. The lowest BCUT2D eigenvalue weighted by Crippen LogP contribution is -2.24. The summed E-state index contributed by atoms with van der Waals surface area (Å²) >= 11 is 1.33. The highest BCUT2D eigenvalue weighted by molar-refractivity contribution is 7.13. The Labute approximate surface area is 145 Å². The molecule has 7 heteroatoms. The van der Waals surface area contributed by atoms with E-state index in [-0.39, 0.29) is 24.7 Å². The number of nitrogens with zero attached hydrogens (tertiary/aromatic N) is 1. The summed E-state index contributed by atoms with van der Waals surface area (Å²) in [5.74, 6) is -0.354. The van der Waals surface area contributed by atoms with Crippen molar-refractivity contribution >= 4 is 34.0 Å². The van der Waals surface area contributed by atoms with E-state index in [1.54, 1.807) is 5.38 Å². The highest BCUT2D eigenvalue weighted by Gasteiger charge is 2.11. The number of nitrogen functional groups attached to an aromatic ring is 1. The summed E-state index contributed by atoms with van der Waals surface area (Å²) in [5.41, 5.74) is 10.3. The molecular formula is C17H22N4O2S. The maximum atomic E-state index is 12.1. The Balaban J connectivity index is 1.79. The first-order valence-corrected chi connectivity index (χ1v) is 8.57. The van der Waals surface area contributed by atoms with Gasteiger partial charge in [-0.15, -0.1) is 11.3 Å². The molecule has 1 aromatic heterocycles. The molecule has 24 heavy (non-hydrogen) atoms. The van der Waals surface area contributed by atoms with Crippen LogP contribution < -0.4 is 16.4 Å². The van der Waals surface area contributed by atoms with Crippen LogP contribution in [-0.4, -0.2) is 16.8 Å². The van der Waals surface area contributed by atoms with Crippen molar-refractivity contribution in [1.29, 1.82) is 0 Å². The van der Waals surface area contributed by atoms with Gasteiger partial charge in [0.25, 0.3) is 0 Å². The minimum atomic E-state index is -0.186. The minimum Gasteiger partial charge on any atom is -0.375 e. The Hall–Kier alpha value is -2.41. The van der Waals surface area contributed by atoms with Gasteiger partial charge in [0.1, 0.15) is 0 Å². The molecule has 1 heterocycles. The third kappa shape index (κ3) is 5.06. The van der Waals surface area contributed by atoms with E-state index in [0.717, 1.165) is 28.1 Å². The fraction of sp³-hybridized carbons (Fsp3) is 0.353. The molecule has 0 spiro atoms. The van der Waals surface area contributed by atoms with Crippen LogP contribution in [0.15, 0.2) is 17.5 Å². The third-order valence-electron chi connectivity index (χ3n) is 3.56. The van der Waals surface area contributed by atoms with E-state index in [1.165, 1.54) is 11.3 Å². The molecule has 2 aromatic rings. The second-order valence-electron chi connectivity index (χ2n) is 5.78. The van der Waals surface area contributed by atoms with Crippen molar-refractivity contribution in [3.05, 3.63) is 39.9 Å². The number of rotatable bonds is 6. The zero-order chi connectivity index (χ0) is 17.7. The molecule has 0 radical (unpaired) electrons. The van der Waals surface area contributed by atoms with E-state index < -0.39 is 0 Å². The SMILES string of the molecule is Cc1cc(C)c(NC(=O)CCC(=O)NCc2csc(N)n2)c(C)c1. The first kappa shape index (κ1) is 17.9. The van der Waals surface area contributed by atoms with Crippen LogP contribution in [0.5, 0.6) is 0 Å². The molecular weight excluding hydrogens is 324 g/mol. The van der Waals surface area contributed by atoms with E-state index >= 15 is 0 Å². The normalized spacial score (nSPS) is 10.5. The number of amides is 2. The van der Waals surface area contributed by atoms with Crippen molar-refractivity contribution in [2.24, 2.45) is 0 Å². The topological polar surface area (TPSA) is 97.1 Å². The standard InChI is InChI=1S/C17H22N4O2S/c1-10-6-11(2)16(12(3)7-10)21-15(23)5-4-14(22)19-8-13-9-24-17(18)20-13/h6-7,9H,4-5,8H2,1-3H3,(H2,18,20)(H,19,22)(H,21,23). The Morgan fingerprint density at radius 1 is 1.12 bits per heavy atom. The quantitative estimate of drug-likeness (QED) is 0.749. The van der Waals surface area contributed by atoms with Gasteiger partial charge in [-0.05, 0) is 31.9 Å². The van der Waals surface area contributed by atoms with Gasteiger partial charge in [0, 0.05) is 23.9 Å². The summed E-state index contributed by atoms with van der Waals surface area (Å²) in [6, 6.07) is 4.05. The maximum absolute atomic E-state index is 12.1. The van der Waals surface area contributed by atoms with Crippen molar-refractivity contribution in [1.82, 2.24) is 10.3 Å². The summed E-state index contributed by atoms with van der Waals surface area (Å²) in [7, 11) is 0. The van der Waals surface area contributed by atoms with Crippen molar-refractivity contribution in [3.63, 3.8) is 0 Å². The summed E-state index contributed by atoms with van der Waals surface area (Å²) in [4.78, 5) is 27.9. The summed E-state index contributed by atoms with van der Waals surface area (Å²) < 4.78 is 0. The number of anilines is 2. The molecule has 128 valence electrons. The molecule has 0 bridgehead atoms. The van der Waals surface area contributed by atoms with E-state index in [1.807, 2.05) is 32.9 Å². The van der Waals surface area contributed by atoms with E-state index in [9.17, 15) is 9.59 Å². The van der Waals surface area contributed by atoms with Gasteiger partial charge in [-0.3, -0.25) is 9.59 Å². The Morgan fingerprint density at radius 2 is 1.75 bits per heavy atom. The molecule has 1 aromatic carbocycles. The number of nitrogens with one attached hydrogen (secondary N) is 2. The van der Waals surface area contributed by atoms with Crippen LogP contribution in [0.4, 0.5) is 10.8 Å². The molecule has 0 atom stereocenters. The molecule has 6 nitrogen and oxygen atoms in total. The van der Waals surface area contributed by atoms with Crippen molar-refractivity contribution < 1.29 is 9.59 Å². The first-order chi connectivity index (χ1) is 11.3. The second kappa shape index (κ2) is 7.92. The Morgan fingerprint density at radius 3 is 2.33 bits per heavy atom. The van der Waals surface area contributed by atoms with Gasteiger partial charge in [0.15, 0.2) is 5.13 Å². The molecule has 0 aliphatic heterocycles. The average molecular weight is 346 g/mol. The maximum Gasteiger partial charge on any atom is 0.224 e. The van der Waals surface area contributed by atoms with E-state index in [0.29, 0.717) is 11.7 Å². The summed E-state index contributed by atoms with van der Waals surface area (Å²) in [5, 5.41) is 7.89. The first-order valence-electron chi connectivity index (χ1n) is 7.69.